The summed E-state index contributed by atoms with van der Waals surface area (Å²) in [4.78, 5) is 11.6. The Balaban J connectivity index is 2.39. The molecule has 1 saturated heterocycles. The fourth-order valence-electron chi connectivity index (χ4n) is 1.96. The van der Waals surface area contributed by atoms with Crippen molar-refractivity contribution < 1.29 is 19.0 Å². The van der Waals surface area contributed by atoms with Gasteiger partial charge in [0.2, 0.25) is 11.7 Å². The molecule has 0 unspecified atom stereocenters. The number of nitrogens with one attached hydrogen (secondary N) is 1. The number of amides is 1. The molecular weight excluding hydrogens is 266 g/mol. The Kier molecular flexibility index (Phi) is 4.09. The number of benzene rings is 1. The molecule has 2 rings (SSSR count). The minimum absolute atomic E-state index is 0.0451. The number of rotatable bonds is 4. The third-order valence-corrected chi connectivity index (χ3v) is 4.26. The van der Waals surface area contributed by atoms with Crippen LogP contribution in [-0.4, -0.2) is 32.5 Å². The fraction of sp³-hybridized carbons (Fsp3) is 0.462. The van der Waals surface area contributed by atoms with E-state index in [9.17, 15) is 4.79 Å². The van der Waals surface area contributed by atoms with E-state index in [1.165, 1.54) is 0 Å². The highest BCUT2D eigenvalue weighted by Gasteiger charge is 2.31. The van der Waals surface area contributed by atoms with E-state index in [1.54, 1.807) is 33.1 Å². The van der Waals surface area contributed by atoms with Gasteiger partial charge in [-0.1, -0.05) is 0 Å². The Bertz CT molecular complexity index is 467. The van der Waals surface area contributed by atoms with E-state index in [-0.39, 0.29) is 16.5 Å². The molecule has 0 saturated carbocycles. The second-order valence-electron chi connectivity index (χ2n) is 4.13. The molecule has 0 spiro atoms. The topological polar surface area (TPSA) is 56.8 Å². The van der Waals surface area contributed by atoms with Gasteiger partial charge in [-0.25, -0.2) is 0 Å². The lowest BCUT2D eigenvalue weighted by atomic mass is 10.1. The maximum Gasteiger partial charge on any atom is 0.234 e. The van der Waals surface area contributed by atoms with Crippen molar-refractivity contribution in [3.63, 3.8) is 0 Å². The van der Waals surface area contributed by atoms with Crippen LogP contribution in [0.4, 0.5) is 0 Å². The quantitative estimate of drug-likeness (QED) is 0.915. The fourth-order valence-corrected chi connectivity index (χ4v) is 3.04. The monoisotopic (exact) mass is 283 g/mol. The maximum atomic E-state index is 11.6. The molecule has 2 atom stereocenters. The molecule has 19 heavy (non-hydrogen) atoms. The molecule has 0 aliphatic carbocycles. The zero-order valence-corrected chi connectivity index (χ0v) is 12.2. The summed E-state index contributed by atoms with van der Waals surface area (Å²) in [5, 5.41) is 2.79. The van der Waals surface area contributed by atoms with Gasteiger partial charge in [0, 0.05) is 0 Å². The van der Waals surface area contributed by atoms with Gasteiger partial charge in [-0.2, -0.15) is 0 Å². The molecule has 1 amide bonds. The van der Waals surface area contributed by atoms with Crippen LogP contribution in [0.25, 0.3) is 0 Å². The van der Waals surface area contributed by atoms with Crippen LogP contribution in [0.1, 0.15) is 17.9 Å². The second-order valence-corrected chi connectivity index (χ2v) is 5.58. The van der Waals surface area contributed by atoms with Crippen molar-refractivity contribution in [2.45, 2.75) is 17.5 Å². The summed E-state index contributed by atoms with van der Waals surface area (Å²) in [6, 6.07) is 3.72. The number of hydrogen-bond acceptors (Lipinski definition) is 5. The Morgan fingerprint density at radius 2 is 1.68 bits per heavy atom. The van der Waals surface area contributed by atoms with E-state index >= 15 is 0 Å². The summed E-state index contributed by atoms with van der Waals surface area (Å²) in [6.07, 6.45) is 0. The van der Waals surface area contributed by atoms with Crippen molar-refractivity contribution in [1.29, 1.82) is 0 Å². The standard InChI is InChI=1S/C13H17NO4S/c1-7-12(15)14-13(19-7)8-5-9(16-2)11(18-4)10(6-8)17-3/h5-7,13H,1-4H3,(H,14,15)/t7-,13-/m0/s1. The summed E-state index contributed by atoms with van der Waals surface area (Å²) in [5.41, 5.74) is 0.928. The number of methoxy groups -OCH3 is 3. The Hall–Kier alpha value is -1.56. The van der Waals surface area contributed by atoms with Crippen LogP contribution in [0.5, 0.6) is 17.2 Å². The van der Waals surface area contributed by atoms with Crippen molar-refractivity contribution in [2.75, 3.05) is 21.3 Å². The predicted octanol–water partition coefficient (Wildman–Crippen LogP) is 1.96. The first-order chi connectivity index (χ1) is 9.10. The van der Waals surface area contributed by atoms with Crippen LogP contribution >= 0.6 is 11.8 Å². The van der Waals surface area contributed by atoms with Gasteiger partial charge < -0.3 is 19.5 Å². The second kappa shape index (κ2) is 5.61. The predicted molar refractivity (Wildman–Crippen MR) is 74.0 cm³/mol. The van der Waals surface area contributed by atoms with Crippen molar-refractivity contribution in [1.82, 2.24) is 5.32 Å². The molecule has 5 nitrogen and oxygen atoms in total. The van der Waals surface area contributed by atoms with Crippen LogP contribution in [0.15, 0.2) is 12.1 Å². The number of carbonyl (C=O) groups is 1. The number of carbonyl (C=O) groups excluding carboxylic acids is 1. The molecule has 1 aliphatic heterocycles. The number of hydrogen-bond donors (Lipinski definition) is 1. The zero-order valence-electron chi connectivity index (χ0n) is 11.4. The van der Waals surface area contributed by atoms with Gasteiger partial charge in [-0.05, 0) is 24.6 Å². The molecule has 1 fully saturated rings. The Morgan fingerprint density at radius 3 is 2.05 bits per heavy atom. The third kappa shape index (κ3) is 2.58. The lowest BCUT2D eigenvalue weighted by Crippen LogP contribution is -2.22. The molecule has 0 bridgehead atoms. The lowest BCUT2D eigenvalue weighted by Gasteiger charge is -2.16. The number of ether oxygens (including phenoxy) is 3. The van der Waals surface area contributed by atoms with Crippen LogP contribution in [0.2, 0.25) is 0 Å². The molecule has 6 heteroatoms. The lowest BCUT2D eigenvalue weighted by molar-refractivity contribution is -0.119. The molecular formula is C13H17NO4S. The third-order valence-electron chi connectivity index (χ3n) is 2.97. The van der Waals surface area contributed by atoms with E-state index in [4.69, 9.17) is 14.2 Å². The van der Waals surface area contributed by atoms with Gasteiger partial charge in [0.25, 0.3) is 0 Å². The van der Waals surface area contributed by atoms with Crippen molar-refractivity contribution >= 4 is 17.7 Å². The molecule has 1 aromatic rings. The van der Waals surface area contributed by atoms with Crippen LogP contribution in [0.3, 0.4) is 0 Å². The largest absolute Gasteiger partial charge is 0.493 e. The van der Waals surface area contributed by atoms with E-state index < -0.39 is 0 Å². The van der Waals surface area contributed by atoms with E-state index in [2.05, 4.69) is 5.32 Å². The number of thioether (sulfide) groups is 1. The van der Waals surface area contributed by atoms with Crippen molar-refractivity contribution in [3.8, 4) is 17.2 Å². The average molecular weight is 283 g/mol. The van der Waals surface area contributed by atoms with Crippen LogP contribution in [0, 0.1) is 0 Å². The van der Waals surface area contributed by atoms with Crippen molar-refractivity contribution in [2.24, 2.45) is 0 Å². The molecule has 1 aliphatic rings. The average Bonchev–Trinajstić information content (AvgIpc) is 2.76. The van der Waals surface area contributed by atoms with E-state index in [0.717, 1.165) is 5.56 Å². The van der Waals surface area contributed by atoms with E-state index in [1.807, 2.05) is 19.1 Å². The molecule has 1 aromatic carbocycles. The van der Waals surface area contributed by atoms with Gasteiger partial charge in [-0.15, -0.1) is 11.8 Å². The smallest absolute Gasteiger partial charge is 0.234 e. The maximum absolute atomic E-state index is 11.6. The van der Waals surface area contributed by atoms with Crippen LogP contribution in [-0.2, 0) is 4.79 Å². The molecule has 1 heterocycles. The highest BCUT2D eigenvalue weighted by atomic mass is 32.2. The summed E-state index contributed by atoms with van der Waals surface area (Å²) in [6.45, 7) is 1.89. The summed E-state index contributed by atoms with van der Waals surface area (Å²) in [7, 11) is 4.71. The first-order valence-corrected chi connectivity index (χ1v) is 6.80. The highest BCUT2D eigenvalue weighted by Crippen LogP contribution is 2.43. The van der Waals surface area contributed by atoms with Gasteiger partial charge in [0.1, 0.15) is 5.37 Å². The molecule has 0 aromatic heterocycles. The Morgan fingerprint density at radius 1 is 1.11 bits per heavy atom. The van der Waals surface area contributed by atoms with E-state index in [0.29, 0.717) is 17.2 Å². The summed E-state index contributed by atoms with van der Waals surface area (Å²) < 4.78 is 15.9. The Labute approximate surface area is 116 Å². The highest BCUT2D eigenvalue weighted by molar-refractivity contribution is 8.01. The SMILES string of the molecule is COc1cc([C@H]2NC(=O)[C@H](C)S2)cc(OC)c1OC. The molecule has 1 N–H and O–H groups in total. The molecule has 104 valence electrons. The zero-order chi connectivity index (χ0) is 14.0. The minimum atomic E-state index is -0.0868. The molecule has 0 radical (unpaired) electrons. The first-order valence-electron chi connectivity index (χ1n) is 5.86. The minimum Gasteiger partial charge on any atom is -0.493 e. The van der Waals surface area contributed by atoms with Gasteiger partial charge >= 0.3 is 0 Å². The van der Waals surface area contributed by atoms with Crippen molar-refractivity contribution in [3.05, 3.63) is 17.7 Å². The summed E-state index contributed by atoms with van der Waals surface area (Å²) >= 11 is 1.57. The van der Waals surface area contributed by atoms with Gasteiger partial charge in [-0.3, -0.25) is 4.79 Å². The summed E-state index contributed by atoms with van der Waals surface area (Å²) in [5.74, 6) is 1.78. The van der Waals surface area contributed by atoms with Crippen LogP contribution < -0.4 is 19.5 Å². The first kappa shape index (κ1) is 13.9. The van der Waals surface area contributed by atoms with Gasteiger partial charge in [0.15, 0.2) is 11.5 Å². The van der Waals surface area contributed by atoms with Gasteiger partial charge in [0.05, 0.1) is 26.6 Å². The normalized spacial score (nSPS) is 22.0.